The van der Waals surface area contributed by atoms with Gasteiger partial charge in [0.2, 0.25) is 0 Å². The highest BCUT2D eigenvalue weighted by molar-refractivity contribution is 5.77. The van der Waals surface area contributed by atoms with Crippen molar-refractivity contribution in [1.82, 2.24) is 10.2 Å². The first-order chi connectivity index (χ1) is 25.1. The second-order valence-corrected chi connectivity index (χ2v) is 14.5. The standard InChI is InChI=1S/C44H78N4O3/c1-4-7-10-13-17-23-31-41(32-24-18-14-11-8-5-2)50-43(49)35-27-19-16-21-29-38-48(37-28-20-15-12-9-6-3)39-30-36-46-44(47-40-45)51-42-33-25-22-26-34-42/h22,25-26,33-34,41H,4-21,23-24,27-32,35-39H2,1-3H3,(H,46,47). The second-order valence-electron chi connectivity index (χ2n) is 14.5. The van der Waals surface area contributed by atoms with Gasteiger partial charge >= 0.3 is 12.0 Å². The van der Waals surface area contributed by atoms with E-state index >= 15 is 0 Å². The molecule has 0 aliphatic carbocycles. The lowest BCUT2D eigenvalue weighted by Crippen LogP contribution is -2.28. The first kappa shape index (κ1) is 46.4. The average Bonchev–Trinajstić information content (AvgIpc) is 3.13. The van der Waals surface area contributed by atoms with Gasteiger partial charge in [0, 0.05) is 13.0 Å². The van der Waals surface area contributed by atoms with Crippen LogP contribution in [0.15, 0.2) is 35.3 Å². The minimum atomic E-state index is 0.0204. The molecule has 0 radical (unpaired) electrons. The number of nitrogens with one attached hydrogen (secondary N) is 1. The van der Waals surface area contributed by atoms with Gasteiger partial charge in [-0.3, -0.25) is 4.79 Å². The van der Waals surface area contributed by atoms with E-state index < -0.39 is 0 Å². The molecule has 1 rings (SSSR count). The molecular weight excluding hydrogens is 633 g/mol. The molecule has 292 valence electrons. The second kappa shape index (κ2) is 35.8. The molecule has 7 heteroatoms. The zero-order chi connectivity index (χ0) is 36.9. The number of amidine groups is 1. The molecule has 1 N–H and O–H groups in total. The molecule has 0 heterocycles. The summed E-state index contributed by atoms with van der Waals surface area (Å²) in [5.74, 6) is 0.684. The van der Waals surface area contributed by atoms with Crippen molar-refractivity contribution in [1.29, 1.82) is 5.26 Å². The Balaban J connectivity index is 2.40. The molecule has 1 aromatic rings. The van der Waals surface area contributed by atoms with Gasteiger partial charge in [-0.15, -0.1) is 0 Å². The van der Waals surface area contributed by atoms with Crippen LogP contribution in [-0.4, -0.2) is 49.2 Å². The van der Waals surface area contributed by atoms with Gasteiger partial charge in [0.05, 0.1) is 0 Å². The lowest BCUT2D eigenvalue weighted by atomic mass is 10.0. The fourth-order valence-corrected chi connectivity index (χ4v) is 6.62. The summed E-state index contributed by atoms with van der Waals surface area (Å²) in [6.45, 7) is 10.6. The van der Waals surface area contributed by atoms with E-state index in [2.05, 4.69) is 36.0 Å². The molecule has 0 spiro atoms. The Kier molecular flexibility index (Phi) is 32.6. The molecule has 0 aliphatic rings. The van der Waals surface area contributed by atoms with Gasteiger partial charge in [0.25, 0.3) is 0 Å². The zero-order valence-corrected chi connectivity index (χ0v) is 33.5. The number of hydrogen-bond donors (Lipinski definition) is 1. The summed E-state index contributed by atoms with van der Waals surface area (Å²) < 4.78 is 11.8. The minimum Gasteiger partial charge on any atom is -0.462 e. The van der Waals surface area contributed by atoms with Crippen molar-refractivity contribution < 1.29 is 14.3 Å². The first-order valence-corrected chi connectivity index (χ1v) is 21.5. The summed E-state index contributed by atoms with van der Waals surface area (Å²) in [7, 11) is 0. The highest BCUT2D eigenvalue weighted by atomic mass is 16.5. The summed E-state index contributed by atoms with van der Waals surface area (Å²) in [6, 6.07) is 9.70. The van der Waals surface area contributed by atoms with Crippen molar-refractivity contribution >= 4 is 12.0 Å². The molecule has 7 nitrogen and oxygen atoms in total. The normalized spacial score (nSPS) is 11.6. The third-order valence-electron chi connectivity index (χ3n) is 9.75. The van der Waals surface area contributed by atoms with Crippen LogP contribution in [0.1, 0.15) is 194 Å². The Labute approximate surface area is 314 Å². The van der Waals surface area contributed by atoms with Crippen LogP contribution in [0.3, 0.4) is 0 Å². The summed E-state index contributed by atoms with van der Waals surface area (Å²) in [4.78, 5) is 19.9. The molecule has 0 unspecified atom stereocenters. The largest absolute Gasteiger partial charge is 0.462 e. The maximum absolute atomic E-state index is 12.8. The lowest BCUT2D eigenvalue weighted by Gasteiger charge is -2.22. The maximum atomic E-state index is 12.8. The average molecular weight is 711 g/mol. The van der Waals surface area contributed by atoms with Gasteiger partial charge in [0.15, 0.2) is 6.19 Å². The number of carbonyl (C=O) groups excluding carboxylic acids is 1. The van der Waals surface area contributed by atoms with Crippen LogP contribution >= 0.6 is 0 Å². The van der Waals surface area contributed by atoms with Crippen LogP contribution in [0.25, 0.3) is 0 Å². The Morgan fingerprint density at radius 3 is 1.67 bits per heavy atom. The van der Waals surface area contributed by atoms with E-state index in [1.807, 2.05) is 36.5 Å². The molecule has 1 aromatic carbocycles. The number of rotatable bonds is 35. The number of ether oxygens (including phenoxy) is 2. The van der Waals surface area contributed by atoms with Crippen LogP contribution in [0.5, 0.6) is 5.75 Å². The molecule has 51 heavy (non-hydrogen) atoms. The third-order valence-corrected chi connectivity index (χ3v) is 9.75. The third kappa shape index (κ3) is 29.7. The summed E-state index contributed by atoms with van der Waals surface area (Å²) in [5.41, 5.74) is 0. The highest BCUT2D eigenvalue weighted by Crippen LogP contribution is 2.18. The van der Waals surface area contributed by atoms with E-state index in [1.54, 1.807) is 0 Å². The van der Waals surface area contributed by atoms with Crippen molar-refractivity contribution in [3.8, 4) is 11.9 Å². The Morgan fingerprint density at radius 1 is 0.667 bits per heavy atom. The molecular formula is C44H78N4O3. The lowest BCUT2D eigenvalue weighted by molar-refractivity contribution is -0.150. The van der Waals surface area contributed by atoms with E-state index in [1.165, 1.54) is 135 Å². The maximum Gasteiger partial charge on any atom is 0.306 e. The Morgan fingerprint density at radius 2 is 1.14 bits per heavy atom. The van der Waals surface area contributed by atoms with E-state index in [0.29, 0.717) is 18.7 Å². The summed E-state index contributed by atoms with van der Waals surface area (Å²) in [6.07, 6.45) is 34.4. The molecule has 0 atom stereocenters. The number of nitriles is 1. The van der Waals surface area contributed by atoms with Crippen LogP contribution < -0.4 is 10.1 Å². The first-order valence-electron chi connectivity index (χ1n) is 21.5. The number of para-hydroxylation sites is 1. The number of nitrogens with zero attached hydrogens (tertiary/aromatic N) is 3. The number of carbonyl (C=O) groups is 1. The van der Waals surface area contributed by atoms with Gasteiger partial charge in [-0.2, -0.15) is 5.26 Å². The molecule has 0 aliphatic heterocycles. The van der Waals surface area contributed by atoms with Crippen LogP contribution in [0.4, 0.5) is 0 Å². The molecule has 0 saturated heterocycles. The number of hydrogen-bond acceptors (Lipinski definition) is 6. The van der Waals surface area contributed by atoms with E-state index in [-0.39, 0.29) is 18.1 Å². The quantitative estimate of drug-likeness (QED) is 0.0188. The van der Waals surface area contributed by atoms with Crippen molar-refractivity contribution in [2.45, 2.75) is 200 Å². The van der Waals surface area contributed by atoms with Gasteiger partial charge in [-0.25, -0.2) is 10.3 Å². The number of unbranched alkanes of at least 4 members (excludes halogenated alkanes) is 19. The van der Waals surface area contributed by atoms with Crippen LogP contribution in [0.2, 0.25) is 0 Å². The zero-order valence-electron chi connectivity index (χ0n) is 33.5. The smallest absolute Gasteiger partial charge is 0.306 e. The van der Waals surface area contributed by atoms with Crippen molar-refractivity contribution in [3.05, 3.63) is 30.3 Å². The molecule has 0 saturated carbocycles. The Hall–Kier alpha value is -2.59. The molecule has 0 fully saturated rings. The predicted molar refractivity (Wildman–Crippen MR) is 216 cm³/mol. The van der Waals surface area contributed by atoms with Gasteiger partial charge in [-0.05, 0) is 83.1 Å². The number of esters is 1. The minimum absolute atomic E-state index is 0.0204. The highest BCUT2D eigenvalue weighted by Gasteiger charge is 2.14. The van der Waals surface area contributed by atoms with E-state index in [4.69, 9.17) is 14.7 Å². The fourth-order valence-electron chi connectivity index (χ4n) is 6.62. The van der Waals surface area contributed by atoms with Crippen LogP contribution in [-0.2, 0) is 9.53 Å². The van der Waals surface area contributed by atoms with Crippen LogP contribution in [0, 0.1) is 11.5 Å². The number of benzene rings is 1. The SMILES string of the molecule is CCCCCCCCC(CCCCCCCC)OC(=O)CCCCCCCN(CCCCCCCC)CCCN=C(NC#N)Oc1ccccc1. The van der Waals surface area contributed by atoms with Gasteiger partial charge < -0.3 is 14.4 Å². The molecule has 0 aromatic heterocycles. The fraction of sp³-hybridized carbons (Fsp3) is 0.795. The van der Waals surface area contributed by atoms with E-state index in [9.17, 15) is 4.79 Å². The topological polar surface area (TPSA) is 87.0 Å². The van der Waals surface area contributed by atoms with E-state index in [0.717, 1.165) is 51.7 Å². The summed E-state index contributed by atoms with van der Waals surface area (Å²) >= 11 is 0. The Bertz CT molecular complexity index is 964. The van der Waals surface area contributed by atoms with Crippen molar-refractivity contribution in [2.75, 3.05) is 26.2 Å². The predicted octanol–water partition coefficient (Wildman–Crippen LogP) is 12.3. The number of aliphatic imine (C=N–C) groups is 1. The monoisotopic (exact) mass is 711 g/mol. The van der Waals surface area contributed by atoms with Crippen molar-refractivity contribution in [2.24, 2.45) is 4.99 Å². The summed E-state index contributed by atoms with van der Waals surface area (Å²) in [5, 5.41) is 11.7. The van der Waals surface area contributed by atoms with Gasteiger partial charge in [-0.1, -0.05) is 155 Å². The molecule has 0 bridgehead atoms. The molecule has 0 amide bonds. The van der Waals surface area contributed by atoms with Crippen molar-refractivity contribution in [3.63, 3.8) is 0 Å². The van der Waals surface area contributed by atoms with Gasteiger partial charge in [0.1, 0.15) is 11.9 Å².